The minimum Gasteiger partial charge on any atom is -0.439 e. The van der Waals surface area contributed by atoms with Gasteiger partial charge in [-0.3, -0.25) is 4.79 Å². The van der Waals surface area contributed by atoms with Crippen LogP contribution in [-0.4, -0.2) is 46.5 Å². The first-order valence-corrected chi connectivity index (χ1v) is 8.68. The molecule has 1 saturated heterocycles. The van der Waals surface area contributed by atoms with E-state index in [-0.39, 0.29) is 11.9 Å². The molecule has 1 atom stereocenters. The number of carbonyl (C=O) groups is 1. The highest BCUT2D eigenvalue weighted by Crippen LogP contribution is 2.26. The third kappa shape index (κ3) is 3.90. The average Bonchev–Trinajstić information content (AvgIpc) is 2.63. The van der Waals surface area contributed by atoms with E-state index in [0.717, 1.165) is 30.2 Å². The summed E-state index contributed by atoms with van der Waals surface area (Å²) in [5.41, 5.74) is 1.06. The fourth-order valence-electron chi connectivity index (χ4n) is 3.08. The van der Waals surface area contributed by atoms with Gasteiger partial charge in [0.1, 0.15) is 17.9 Å². The number of hydrogen-bond donors (Lipinski definition) is 0. The van der Waals surface area contributed by atoms with Gasteiger partial charge in [0.2, 0.25) is 11.8 Å². The monoisotopic (exact) mass is 340 g/mol. The maximum absolute atomic E-state index is 12.0. The summed E-state index contributed by atoms with van der Waals surface area (Å²) in [5.74, 6) is 2.35. The van der Waals surface area contributed by atoms with Gasteiger partial charge in [0.15, 0.2) is 0 Å². The van der Waals surface area contributed by atoms with E-state index < -0.39 is 0 Å². The second-order valence-corrected chi connectivity index (χ2v) is 6.32. The van der Waals surface area contributed by atoms with Crippen LogP contribution in [0.1, 0.15) is 25.8 Å². The molecule has 0 spiro atoms. The van der Waals surface area contributed by atoms with Crippen molar-refractivity contribution in [1.29, 1.82) is 0 Å². The zero-order valence-electron chi connectivity index (χ0n) is 15.0. The molecule has 0 N–H and O–H groups in total. The minimum absolute atomic E-state index is 0.164. The van der Waals surface area contributed by atoms with E-state index in [4.69, 9.17) is 4.74 Å². The molecule has 1 aromatic heterocycles. The highest BCUT2D eigenvalue weighted by molar-refractivity contribution is 5.76. The predicted molar refractivity (Wildman–Crippen MR) is 97.0 cm³/mol. The predicted octanol–water partition coefficient (Wildman–Crippen LogP) is 3.02. The molecule has 3 rings (SSSR count). The van der Waals surface area contributed by atoms with Crippen LogP contribution in [0, 0.1) is 6.92 Å². The maximum Gasteiger partial charge on any atom is 0.224 e. The quantitative estimate of drug-likeness (QED) is 0.856. The van der Waals surface area contributed by atoms with Crippen LogP contribution < -0.4 is 9.64 Å². The van der Waals surface area contributed by atoms with Gasteiger partial charge >= 0.3 is 0 Å². The Balaban J connectivity index is 1.72. The van der Waals surface area contributed by atoms with Crippen molar-refractivity contribution in [2.24, 2.45) is 0 Å². The molecular weight excluding hydrogens is 316 g/mol. The molecule has 25 heavy (non-hydrogen) atoms. The number of benzene rings is 1. The Bertz CT molecular complexity index is 750. The molecule has 2 aromatic rings. The topological polar surface area (TPSA) is 58.6 Å². The van der Waals surface area contributed by atoms with Gasteiger partial charge in [-0.15, -0.1) is 0 Å². The van der Waals surface area contributed by atoms with Crippen molar-refractivity contribution in [1.82, 2.24) is 14.9 Å². The van der Waals surface area contributed by atoms with E-state index >= 15 is 0 Å². The summed E-state index contributed by atoms with van der Waals surface area (Å²) >= 11 is 0. The number of aromatic nitrogens is 2. The van der Waals surface area contributed by atoms with Crippen molar-refractivity contribution >= 4 is 11.7 Å². The summed E-state index contributed by atoms with van der Waals surface area (Å²) in [6, 6.07) is 9.87. The number of ether oxygens (including phenoxy) is 1. The van der Waals surface area contributed by atoms with Gasteiger partial charge in [0, 0.05) is 38.2 Å². The largest absolute Gasteiger partial charge is 0.439 e. The maximum atomic E-state index is 12.0. The summed E-state index contributed by atoms with van der Waals surface area (Å²) in [6.07, 6.45) is 2.07. The minimum atomic E-state index is 0.164. The normalized spacial score (nSPS) is 17.5. The number of aryl methyl sites for hydroxylation is 1. The molecule has 6 heteroatoms. The number of piperazine rings is 1. The molecule has 132 valence electrons. The Kier molecular flexibility index (Phi) is 5.16. The molecule has 2 heterocycles. The van der Waals surface area contributed by atoms with Crippen molar-refractivity contribution in [3.05, 3.63) is 42.2 Å². The highest BCUT2D eigenvalue weighted by Gasteiger charge is 2.27. The molecule has 1 aliphatic rings. The Morgan fingerprint density at radius 1 is 1.28 bits per heavy atom. The van der Waals surface area contributed by atoms with E-state index in [0.29, 0.717) is 18.8 Å². The zero-order valence-corrected chi connectivity index (χ0v) is 15.0. The number of nitrogens with zero attached hydrogens (tertiary/aromatic N) is 4. The number of rotatable bonds is 4. The molecule has 1 aliphatic heterocycles. The standard InChI is InChI=1S/C19H24N4O2/c1-4-19(24)23-10-9-22(12-15(23)3)17-11-18(21-13-20-17)25-16-8-6-5-7-14(16)2/h5-8,11,13,15H,4,9-10,12H2,1-3H3. The van der Waals surface area contributed by atoms with Crippen LogP contribution in [0.25, 0.3) is 0 Å². The third-order valence-corrected chi connectivity index (χ3v) is 4.51. The number of para-hydroxylation sites is 1. The van der Waals surface area contributed by atoms with E-state index in [1.807, 2.05) is 49.1 Å². The van der Waals surface area contributed by atoms with Crippen LogP contribution >= 0.6 is 0 Å². The lowest BCUT2D eigenvalue weighted by molar-refractivity contribution is -0.133. The van der Waals surface area contributed by atoms with E-state index in [2.05, 4.69) is 21.8 Å². The number of anilines is 1. The Morgan fingerprint density at radius 2 is 2.08 bits per heavy atom. The summed E-state index contributed by atoms with van der Waals surface area (Å²) in [6.45, 7) is 8.21. The Morgan fingerprint density at radius 3 is 2.80 bits per heavy atom. The number of hydrogen-bond acceptors (Lipinski definition) is 5. The van der Waals surface area contributed by atoms with Crippen LogP contribution in [0.15, 0.2) is 36.7 Å². The second-order valence-electron chi connectivity index (χ2n) is 6.32. The smallest absolute Gasteiger partial charge is 0.224 e. The van der Waals surface area contributed by atoms with Crippen LogP contribution in [0.4, 0.5) is 5.82 Å². The Hall–Kier alpha value is -2.63. The molecule has 0 bridgehead atoms. The molecule has 6 nitrogen and oxygen atoms in total. The first-order valence-electron chi connectivity index (χ1n) is 8.68. The lowest BCUT2D eigenvalue weighted by atomic mass is 10.1. The first-order chi connectivity index (χ1) is 12.1. The zero-order chi connectivity index (χ0) is 17.8. The molecular formula is C19H24N4O2. The van der Waals surface area contributed by atoms with Gasteiger partial charge in [-0.2, -0.15) is 0 Å². The van der Waals surface area contributed by atoms with E-state index in [1.165, 1.54) is 6.33 Å². The molecule has 1 fully saturated rings. The van der Waals surface area contributed by atoms with Gasteiger partial charge in [-0.25, -0.2) is 9.97 Å². The number of amides is 1. The second kappa shape index (κ2) is 7.51. The summed E-state index contributed by atoms with van der Waals surface area (Å²) in [5, 5.41) is 0. The van der Waals surface area contributed by atoms with E-state index in [1.54, 1.807) is 0 Å². The van der Waals surface area contributed by atoms with Crippen molar-refractivity contribution in [2.75, 3.05) is 24.5 Å². The van der Waals surface area contributed by atoms with E-state index in [9.17, 15) is 4.79 Å². The summed E-state index contributed by atoms with van der Waals surface area (Å²) in [7, 11) is 0. The van der Waals surface area contributed by atoms with Crippen molar-refractivity contribution in [3.63, 3.8) is 0 Å². The fraction of sp³-hybridized carbons (Fsp3) is 0.421. The van der Waals surface area contributed by atoms with Crippen LogP contribution in [0.2, 0.25) is 0 Å². The van der Waals surface area contributed by atoms with Gasteiger partial charge in [-0.05, 0) is 25.5 Å². The Labute approximate surface area is 148 Å². The summed E-state index contributed by atoms with van der Waals surface area (Å²) < 4.78 is 5.90. The first kappa shape index (κ1) is 17.2. The SMILES string of the molecule is CCC(=O)N1CCN(c2cc(Oc3ccccc3C)ncn2)CC1C. The van der Waals surface area contributed by atoms with Crippen LogP contribution in [-0.2, 0) is 4.79 Å². The van der Waals surface area contributed by atoms with Gasteiger partial charge < -0.3 is 14.5 Å². The van der Waals surface area contributed by atoms with Crippen LogP contribution in [0.5, 0.6) is 11.6 Å². The van der Waals surface area contributed by atoms with Crippen molar-refractivity contribution in [3.8, 4) is 11.6 Å². The molecule has 1 aromatic carbocycles. The van der Waals surface area contributed by atoms with Gasteiger partial charge in [0.25, 0.3) is 0 Å². The molecule has 0 aliphatic carbocycles. The van der Waals surface area contributed by atoms with Crippen LogP contribution in [0.3, 0.4) is 0 Å². The van der Waals surface area contributed by atoms with Crippen molar-refractivity contribution < 1.29 is 9.53 Å². The highest BCUT2D eigenvalue weighted by atomic mass is 16.5. The summed E-state index contributed by atoms with van der Waals surface area (Å²) in [4.78, 5) is 24.7. The van der Waals surface area contributed by atoms with Crippen molar-refractivity contribution in [2.45, 2.75) is 33.2 Å². The average molecular weight is 340 g/mol. The molecule has 0 radical (unpaired) electrons. The van der Waals surface area contributed by atoms with Gasteiger partial charge in [0.05, 0.1) is 0 Å². The molecule has 1 amide bonds. The number of carbonyl (C=O) groups excluding carboxylic acids is 1. The van der Waals surface area contributed by atoms with Gasteiger partial charge in [-0.1, -0.05) is 25.1 Å². The molecule has 1 unspecified atom stereocenters. The third-order valence-electron chi connectivity index (χ3n) is 4.51. The lowest BCUT2D eigenvalue weighted by Crippen LogP contribution is -2.54. The molecule has 0 saturated carbocycles. The lowest BCUT2D eigenvalue weighted by Gasteiger charge is -2.40. The fourth-order valence-corrected chi connectivity index (χ4v) is 3.08.